The molecular weight excluding hydrogens is 344 g/mol. The molecule has 1 aromatic carbocycles. The van der Waals surface area contributed by atoms with Crippen molar-refractivity contribution in [2.45, 2.75) is 32.4 Å². The van der Waals surface area contributed by atoms with Crippen molar-refractivity contribution in [1.29, 1.82) is 0 Å². The Morgan fingerprint density at radius 1 is 1.36 bits per heavy atom. The minimum absolute atomic E-state index is 0. The number of nitrogens with one attached hydrogen (secondary N) is 3. The van der Waals surface area contributed by atoms with E-state index >= 15 is 0 Å². The van der Waals surface area contributed by atoms with Gasteiger partial charge in [0.05, 0.1) is 13.1 Å². The van der Waals surface area contributed by atoms with Crippen LogP contribution in [-0.2, 0) is 16.1 Å². The minimum atomic E-state index is -0.377. The highest BCUT2D eigenvalue weighted by Crippen LogP contribution is 2.20. The van der Waals surface area contributed by atoms with Crippen LogP contribution in [0.5, 0.6) is 0 Å². The van der Waals surface area contributed by atoms with Crippen LogP contribution in [0.25, 0.3) is 0 Å². The van der Waals surface area contributed by atoms with Crippen LogP contribution < -0.4 is 16.0 Å². The molecule has 2 fully saturated rings. The van der Waals surface area contributed by atoms with E-state index in [0.29, 0.717) is 11.7 Å². The summed E-state index contributed by atoms with van der Waals surface area (Å²) >= 11 is 0. The van der Waals surface area contributed by atoms with Gasteiger partial charge in [-0.3, -0.25) is 14.5 Å². The van der Waals surface area contributed by atoms with Crippen molar-refractivity contribution in [1.82, 2.24) is 15.5 Å². The van der Waals surface area contributed by atoms with Gasteiger partial charge in [-0.15, -0.1) is 12.4 Å². The van der Waals surface area contributed by atoms with E-state index in [4.69, 9.17) is 0 Å². The van der Waals surface area contributed by atoms with E-state index in [2.05, 4.69) is 22.9 Å². The molecule has 2 aliphatic rings. The molecule has 3 N–H and O–H groups in total. The first kappa shape index (κ1) is 19.2. The third kappa shape index (κ3) is 4.70. The monoisotopic (exact) mass is 366 g/mol. The molecule has 1 aromatic rings. The standard InChI is InChI=1S/C17H22N4O3.ClH/c1-11-7-13(5-6-18-11)16(23)20-14-4-2-3-12(8-14)10-21-15(22)9-19-17(21)24;/h2-4,8,11,13,18H,5-7,9-10H2,1H3,(H,19,24)(H,20,23);1H/t11-,13-;/m0./s1. The van der Waals surface area contributed by atoms with E-state index in [1.165, 1.54) is 4.90 Å². The van der Waals surface area contributed by atoms with Gasteiger partial charge in [0.2, 0.25) is 11.8 Å². The average molecular weight is 367 g/mol. The molecule has 0 bridgehead atoms. The summed E-state index contributed by atoms with van der Waals surface area (Å²) in [5.41, 5.74) is 1.49. The Balaban J connectivity index is 0.00000225. The number of hydrogen-bond acceptors (Lipinski definition) is 4. The van der Waals surface area contributed by atoms with Gasteiger partial charge in [0.1, 0.15) is 0 Å². The van der Waals surface area contributed by atoms with Crippen molar-refractivity contribution in [3.05, 3.63) is 29.8 Å². The lowest BCUT2D eigenvalue weighted by molar-refractivity contribution is -0.125. The predicted octanol–water partition coefficient (Wildman–Crippen LogP) is 1.49. The first-order chi connectivity index (χ1) is 11.5. The highest BCUT2D eigenvalue weighted by Gasteiger charge is 2.28. The molecule has 0 spiro atoms. The number of carbonyl (C=O) groups is 3. The zero-order valence-electron chi connectivity index (χ0n) is 14.1. The summed E-state index contributed by atoms with van der Waals surface area (Å²) in [5.74, 6) is -0.204. The maximum atomic E-state index is 12.4. The van der Waals surface area contributed by atoms with Crippen LogP contribution >= 0.6 is 12.4 Å². The molecule has 2 heterocycles. The average Bonchev–Trinajstić information content (AvgIpc) is 2.87. The Kier molecular flexibility index (Phi) is 6.39. The number of halogens is 1. The topological polar surface area (TPSA) is 90.5 Å². The van der Waals surface area contributed by atoms with Gasteiger partial charge in [-0.2, -0.15) is 0 Å². The van der Waals surface area contributed by atoms with Crippen LogP contribution in [0.15, 0.2) is 24.3 Å². The molecule has 7 nitrogen and oxygen atoms in total. The Morgan fingerprint density at radius 2 is 2.16 bits per heavy atom. The van der Waals surface area contributed by atoms with Crippen LogP contribution in [0.3, 0.4) is 0 Å². The van der Waals surface area contributed by atoms with Crippen molar-refractivity contribution >= 4 is 35.9 Å². The van der Waals surface area contributed by atoms with Crippen LogP contribution in [-0.4, -0.2) is 41.9 Å². The Labute approximate surface area is 152 Å². The molecule has 0 aliphatic carbocycles. The van der Waals surface area contributed by atoms with Crippen molar-refractivity contribution in [3.63, 3.8) is 0 Å². The van der Waals surface area contributed by atoms with E-state index < -0.39 is 0 Å². The number of piperidine rings is 1. The quantitative estimate of drug-likeness (QED) is 0.704. The molecule has 0 aromatic heterocycles. The zero-order valence-corrected chi connectivity index (χ0v) is 14.9. The summed E-state index contributed by atoms with van der Waals surface area (Å²) < 4.78 is 0. The molecular formula is C17H23ClN4O3. The van der Waals surface area contributed by atoms with Gasteiger partial charge in [-0.25, -0.2) is 4.79 Å². The minimum Gasteiger partial charge on any atom is -0.329 e. The molecule has 25 heavy (non-hydrogen) atoms. The molecule has 2 atom stereocenters. The van der Waals surface area contributed by atoms with Gasteiger partial charge in [-0.1, -0.05) is 12.1 Å². The van der Waals surface area contributed by atoms with Gasteiger partial charge >= 0.3 is 6.03 Å². The van der Waals surface area contributed by atoms with Crippen molar-refractivity contribution < 1.29 is 14.4 Å². The van der Waals surface area contributed by atoms with E-state index in [9.17, 15) is 14.4 Å². The Hall–Kier alpha value is -2.12. The predicted molar refractivity (Wildman–Crippen MR) is 96.5 cm³/mol. The number of rotatable bonds is 4. The maximum Gasteiger partial charge on any atom is 0.324 e. The van der Waals surface area contributed by atoms with E-state index in [1.54, 1.807) is 6.07 Å². The first-order valence-corrected chi connectivity index (χ1v) is 8.24. The molecule has 2 aliphatic heterocycles. The highest BCUT2D eigenvalue weighted by atomic mass is 35.5. The molecule has 8 heteroatoms. The second-order valence-electron chi connectivity index (χ2n) is 6.40. The fourth-order valence-electron chi connectivity index (χ4n) is 3.16. The number of carbonyl (C=O) groups excluding carboxylic acids is 3. The lowest BCUT2D eigenvalue weighted by atomic mass is 9.92. The van der Waals surface area contributed by atoms with Gasteiger partial charge in [-0.05, 0) is 44.0 Å². The molecule has 0 radical (unpaired) electrons. The fourth-order valence-corrected chi connectivity index (χ4v) is 3.16. The molecule has 136 valence electrons. The number of urea groups is 1. The normalized spacial score (nSPS) is 23.0. The third-order valence-electron chi connectivity index (χ3n) is 4.47. The summed E-state index contributed by atoms with van der Waals surface area (Å²) in [6.45, 7) is 3.19. The zero-order chi connectivity index (χ0) is 17.1. The van der Waals surface area contributed by atoms with Crippen molar-refractivity contribution in [3.8, 4) is 0 Å². The van der Waals surface area contributed by atoms with E-state index in [-0.39, 0.29) is 49.3 Å². The van der Waals surface area contributed by atoms with Gasteiger partial charge in [0.25, 0.3) is 0 Å². The van der Waals surface area contributed by atoms with E-state index in [0.717, 1.165) is 24.9 Å². The lowest BCUT2D eigenvalue weighted by Gasteiger charge is -2.27. The number of amides is 4. The second kappa shape index (κ2) is 8.31. The Morgan fingerprint density at radius 3 is 2.84 bits per heavy atom. The third-order valence-corrected chi connectivity index (χ3v) is 4.47. The van der Waals surface area contributed by atoms with E-state index in [1.807, 2.05) is 18.2 Å². The molecule has 2 saturated heterocycles. The number of imide groups is 1. The van der Waals surface area contributed by atoms with Crippen LogP contribution in [0.2, 0.25) is 0 Å². The highest BCUT2D eigenvalue weighted by molar-refractivity contribution is 6.01. The molecule has 0 unspecified atom stereocenters. The lowest BCUT2D eigenvalue weighted by Crippen LogP contribution is -2.40. The molecule has 0 saturated carbocycles. The summed E-state index contributed by atoms with van der Waals surface area (Å²) in [7, 11) is 0. The SMILES string of the molecule is C[C@H]1C[C@@H](C(=O)Nc2cccc(CN3C(=O)CNC3=O)c2)CCN1.Cl. The first-order valence-electron chi connectivity index (χ1n) is 8.24. The smallest absolute Gasteiger partial charge is 0.324 e. The van der Waals surface area contributed by atoms with Gasteiger partial charge in [0.15, 0.2) is 0 Å². The Bertz CT molecular complexity index is 651. The summed E-state index contributed by atoms with van der Waals surface area (Å²) in [6, 6.07) is 7.24. The maximum absolute atomic E-state index is 12.4. The number of anilines is 1. The van der Waals surface area contributed by atoms with Crippen LogP contribution in [0.1, 0.15) is 25.3 Å². The number of hydrogen-bond donors (Lipinski definition) is 3. The molecule has 3 rings (SSSR count). The van der Waals surface area contributed by atoms with Crippen molar-refractivity contribution in [2.75, 3.05) is 18.4 Å². The summed E-state index contributed by atoms with van der Waals surface area (Å²) in [4.78, 5) is 36.8. The number of benzene rings is 1. The summed E-state index contributed by atoms with van der Waals surface area (Å²) in [5, 5.41) is 8.78. The van der Waals surface area contributed by atoms with Crippen LogP contribution in [0, 0.1) is 5.92 Å². The fraction of sp³-hybridized carbons (Fsp3) is 0.471. The summed E-state index contributed by atoms with van der Waals surface area (Å²) in [6.07, 6.45) is 1.66. The van der Waals surface area contributed by atoms with Gasteiger partial charge in [0, 0.05) is 17.6 Å². The van der Waals surface area contributed by atoms with Gasteiger partial charge < -0.3 is 16.0 Å². The van der Waals surface area contributed by atoms with Crippen LogP contribution in [0.4, 0.5) is 10.5 Å². The largest absolute Gasteiger partial charge is 0.329 e. The van der Waals surface area contributed by atoms with Crippen molar-refractivity contribution in [2.24, 2.45) is 5.92 Å². The second-order valence-corrected chi connectivity index (χ2v) is 6.40. The number of nitrogens with zero attached hydrogens (tertiary/aromatic N) is 1. The molecule has 4 amide bonds.